The number of tetrazole rings is 1. The van der Waals surface area contributed by atoms with Gasteiger partial charge in [-0.2, -0.15) is 9.50 Å². The van der Waals surface area contributed by atoms with Gasteiger partial charge >= 0.3 is 0 Å². The maximum atomic E-state index is 4.70. The van der Waals surface area contributed by atoms with Gasteiger partial charge in [0.1, 0.15) is 10.6 Å². The van der Waals surface area contributed by atoms with Crippen LogP contribution < -0.4 is 5.32 Å². The quantitative estimate of drug-likeness (QED) is 0.599. The van der Waals surface area contributed by atoms with Gasteiger partial charge in [-0.15, -0.1) is 11.3 Å². The number of likely N-dealkylation sites (N-methyl/N-ethyl adjacent to an activating group) is 1. The molecule has 1 aliphatic rings. The van der Waals surface area contributed by atoms with Crippen LogP contribution in [0.1, 0.15) is 16.0 Å². The Bertz CT molecular complexity index is 1070. The largest absolute Gasteiger partial charge is 0.369 e. The van der Waals surface area contributed by atoms with E-state index < -0.39 is 0 Å². The van der Waals surface area contributed by atoms with Gasteiger partial charge in [-0.3, -0.25) is 0 Å². The summed E-state index contributed by atoms with van der Waals surface area (Å²) in [5.41, 5.74) is 2.71. The number of hydrogen-bond donors (Lipinski definition) is 1. The van der Waals surface area contributed by atoms with E-state index in [1.165, 1.54) is 21.4 Å². The molecule has 0 aliphatic carbocycles. The van der Waals surface area contributed by atoms with Crippen LogP contribution in [0.3, 0.4) is 0 Å². The molecule has 3 aromatic heterocycles. The third-order valence-corrected chi connectivity index (χ3v) is 6.06. The number of thiophene rings is 1. The average molecular weight is 365 g/mol. The van der Waals surface area contributed by atoms with Gasteiger partial charge in [0.25, 0.3) is 5.78 Å². The van der Waals surface area contributed by atoms with E-state index in [0.717, 1.165) is 43.1 Å². The number of anilines is 1. The Labute approximate surface area is 154 Å². The molecule has 1 aliphatic heterocycles. The van der Waals surface area contributed by atoms with Crippen molar-refractivity contribution in [2.24, 2.45) is 0 Å². The minimum Gasteiger partial charge on any atom is -0.369 e. The van der Waals surface area contributed by atoms with Gasteiger partial charge in [0.15, 0.2) is 0 Å². The predicted octanol–water partition coefficient (Wildman–Crippen LogP) is 2.38. The number of fused-ring (bicyclic) bond motifs is 5. The summed E-state index contributed by atoms with van der Waals surface area (Å²) in [6.07, 6.45) is 1.99. The van der Waals surface area contributed by atoms with E-state index in [-0.39, 0.29) is 0 Å². The molecule has 0 atom stereocenters. The Morgan fingerprint density at radius 2 is 2.12 bits per heavy atom. The van der Waals surface area contributed by atoms with Gasteiger partial charge in [0, 0.05) is 24.5 Å². The summed E-state index contributed by atoms with van der Waals surface area (Å²) in [5.74, 6) is 1.45. The third-order valence-electron chi connectivity index (χ3n) is 4.87. The molecule has 0 fully saturated rings. The maximum absolute atomic E-state index is 4.70. The highest BCUT2D eigenvalue weighted by atomic mass is 32.1. The van der Waals surface area contributed by atoms with Crippen molar-refractivity contribution in [3.05, 3.63) is 46.3 Å². The van der Waals surface area contributed by atoms with Crippen molar-refractivity contribution in [3.63, 3.8) is 0 Å². The lowest BCUT2D eigenvalue weighted by Crippen LogP contribution is -2.25. The molecule has 0 amide bonds. The first kappa shape index (κ1) is 15.7. The van der Waals surface area contributed by atoms with Gasteiger partial charge in [-0.25, -0.2) is 0 Å². The van der Waals surface area contributed by atoms with Gasteiger partial charge in [0.05, 0.1) is 5.39 Å². The fourth-order valence-corrected chi connectivity index (χ4v) is 4.92. The summed E-state index contributed by atoms with van der Waals surface area (Å²) in [6.45, 7) is 2.87. The monoisotopic (exact) mass is 365 g/mol. The molecule has 1 aromatic carbocycles. The standard InChI is InChI=1S/C18H19N7S/c1-24-10-8-13-14(11-24)26-17-15(13)16(20-18-21-22-23-25(17)18)19-9-7-12-5-3-2-4-6-12/h2-6H,7-11H2,1H3,(H,19,20,21,23). The van der Waals surface area contributed by atoms with Crippen LogP contribution in [-0.4, -0.2) is 50.1 Å². The molecule has 132 valence electrons. The first-order valence-corrected chi connectivity index (χ1v) is 9.60. The molecule has 0 saturated heterocycles. The van der Waals surface area contributed by atoms with Crippen LogP contribution in [-0.2, 0) is 19.4 Å². The van der Waals surface area contributed by atoms with Crippen LogP contribution in [0.5, 0.6) is 0 Å². The first-order chi connectivity index (χ1) is 12.8. The molecule has 4 aromatic rings. The molecule has 0 unspecified atom stereocenters. The SMILES string of the molecule is CN1CCc2c(sc3c2c(NCCc2ccccc2)nc2nnnn23)C1. The normalized spacial score (nSPS) is 14.8. The molecule has 5 rings (SSSR count). The zero-order chi connectivity index (χ0) is 17.5. The van der Waals surface area contributed by atoms with E-state index in [2.05, 4.69) is 57.1 Å². The van der Waals surface area contributed by atoms with Crippen molar-refractivity contribution < 1.29 is 0 Å². The van der Waals surface area contributed by atoms with E-state index in [1.807, 2.05) is 6.07 Å². The maximum Gasteiger partial charge on any atom is 0.276 e. The molecular formula is C18H19N7S. The van der Waals surface area contributed by atoms with Crippen LogP contribution in [0.15, 0.2) is 30.3 Å². The molecule has 0 spiro atoms. The molecule has 0 bridgehead atoms. The topological polar surface area (TPSA) is 71.2 Å². The molecule has 26 heavy (non-hydrogen) atoms. The number of rotatable bonds is 4. The molecule has 8 heteroatoms. The molecule has 7 nitrogen and oxygen atoms in total. The second-order valence-electron chi connectivity index (χ2n) is 6.69. The number of nitrogens with zero attached hydrogens (tertiary/aromatic N) is 6. The van der Waals surface area contributed by atoms with Crippen molar-refractivity contribution in [1.82, 2.24) is 29.9 Å². The second kappa shape index (κ2) is 6.30. The lowest BCUT2D eigenvalue weighted by Gasteiger charge is -2.22. The Hall–Kier alpha value is -2.58. The van der Waals surface area contributed by atoms with E-state index in [4.69, 9.17) is 4.98 Å². The van der Waals surface area contributed by atoms with Gasteiger partial charge in [0.2, 0.25) is 0 Å². The lowest BCUT2D eigenvalue weighted by molar-refractivity contribution is 0.318. The van der Waals surface area contributed by atoms with E-state index >= 15 is 0 Å². The number of nitrogens with one attached hydrogen (secondary N) is 1. The van der Waals surface area contributed by atoms with Crippen LogP contribution in [0.25, 0.3) is 16.0 Å². The van der Waals surface area contributed by atoms with Crippen molar-refractivity contribution in [1.29, 1.82) is 0 Å². The van der Waals surface area contributed by atoms with Crippen molar-refractivity contribution in [2.75, 3.05) is 25.5 Å². The Balaban J connectivity index is 1.54. The Kier molecular flexibility index (Phi) is 3.79. The van der Waals surface area contributed by atoms with Gasteiger partial charge in [-0.05, 0) is 41.4 Å². The Morgan fingerprint density at radius 3 is 3.00 bits per heavy atom. The molecule has 0 saturated carbocycles. The third kappa shape index (κ3) is 2.62. The number of benzene rings is 1. The fourth-order valence-electron chi connectivity index (χ4n) is 3.55. The summed E-state index contributed by atoms with van der Waals surface area (Å²) in [5, 5.41) is 16.7. The second-order valence-corrected chi connectivity index (χ2v) is 7.77. The molecular weight excluding hydrogens is 346 g/mol. The summed E-state index contributed by atoms with van der Waals surface area (Å²) >= 11 is 1.78. The highest BCUT2D eigenvalue weighted by Gasteiger charge is 2.24. The zero-order valence-corrected chi connectivity index (χ0v) is 15.3. The summed E-state index contributed by atoms with van der Waals surface area (Å²) < 4.78 is 1.76. The van der Waals surface area contributed by atoms with Crippen LogP contribution in [0, 0.1) is 0 Å². The smallest absolute Gasteiger partial charge is 0.276 e. The van der Waals surface area contributed by atoms with Gasteiger partial charge < -0.3 is 10.2 Å². The molecule has 0 radical (unpaired) electrons. The number of hydrogen-bond acceptors (Lipinski definition) is 7. The number of aromatic nitrogens is 5. The van der Waals surface area contributed by atoms with Crippen LogP contribution in [0.2, 0.25) is 0 Å². The highest BCUT2D eigenvalue weighted by molar-refractivity contribution is 7.19. The Morgan fingerprint density at radius 1 is 1.23 bits per heavy atom. The molecule has 4 heterocycles. The van der Waals surface area contributed by atoms with Crippen molar-refractivity contribution in [2.45, 2.75) is 19.4 Å². The van der Waals surface area contributed by atoms with Crippen molar-refractivity contribution >= 4 is 33.1 Å². The van der Waals surface area contributed by atoms with E-state index in [9.17, 15) is 0 Å². The summed E-state index contributed by atoms with van der Waals surface area (Å²) in [7, 11) is 2.16. The zero-order valence-electron chi connectivity index (χ0n) is 14.5. The fraction of sp³-hybridized carbons (Fsp3) is 0.333. The minimum absolute atomic E-state index is 0.548. The summed E-state index contributed by atoms with van der Waals surface area (Å²) in [6, 6.07) is 10.5. The van der Waals surface area contributed by atoms with Crippen LogP contribution >= 0.6 is 11.3 Å². The average Bonchev–Trinajstić information content (AvgIpc) is 3.26. The lowest BCUT2D eigenvalue weighted by atomic mass is 10.1. The van der Waals surface area contributed by atoms with E-state index in [0.29, 0.717) is 5.78 Å². The van der Waals surface area contributed by atoms with Gasteiger partial charge in [-0.1, -0.05) is 35.4 Å². The van der Waals surface area contributed by atoms with Crippen molar-refractivity contribution in [3.8, 4) is 0 Å². The molecule has 1 N–H and O–H groups in total. The van der Waals surface area contributed by atoms with Crippen LogP contribution in [0.4, 0.5) is 5.82 Å². The minimum atomic E-state index is 0.548. The van der Waals surface area contributed by atoms with E-state index in [1.54, 1.807) is 15.9 Å². The summed E-state index contributed by atoms with van der Waals surface area (Å²) in [4.78, 5) is 9.53. The highest BCUT2D eigenvalue weighted by Crippen LogP contribution is 2.38. The predicted molar refractivity (Wildman–Crippen MR) is 103 cm³/mol. The first-order valence-electron chi connectivity index (χ1n) is 8.78.